The van der Waals surface area contributed by atoms with Gasteiger partial charge in [-0.1, -0.05) is 12.1 Å². The van der Waals surface area contributed by atoms with Crippen LogP contribution in [0.15, 0.2) is 34.1 Å². The van der Waals surface area contributed by atoms with Gasteiger partial charge in [-0.15, -0.1) is 11.3 Å². The minimum Gasteiger partial charge on any atom is -0.462 e. The van der Waals surface area contributed by atoms with Crippen molar-refractivity contribution < 1.29 is 9.53 Å². The zero-order valence-corrected chi connectivity index (χ0v) is 12.6. The van der Waals surface area contributed by atoms with Gasteiger partial charge in [0, 0.05) is 4.88 Å². The highest BCUT2D eigenvalue weighted by atomic mass is 79.9. The van der Waals surface area contributed by atoms with E-state index in [1.165, 1.54) is 10.4 Å². The van der Waals surface area contributed by atoms with Crippen molar-refractivity contribution >= 4 is 33.2 Å². The number of carbonyl (C=O) groups is 1. The maximum Gasteiger partial charge on any atom is 0.338 e. The number of esters is 1. The molecule has 0 saturated heterocycles. The molecule has 0 aliphatic heterocycles. The lowest BCUT2D eigenvalue weighted by Crippen LogP contribution is -2.03. The number of thiophene rings is 1. The van der Waals surface area contributed by atoms with Crippen LogP contribution in [0.5, 0.6) is 0 Å². The largest absolute Gasteiger partial charge is 0.462 e. The first-order chi connectivity index (χ1) is 8.61. The molecule has 0 N–H and O–H groups in total. The van der Waals surface area contributed by atoms with Gasteiger partial charge in [0.1, 0.15) is 0 Å². The first kappa shape index (κ1) is 13.3. The molecule has 4 heteroatoms. The average molecular weight is 325 g/mol. The molecule has 0 amide bonds. The van der Waals surface area contributed by atoms with Gasteiger partial charge < -0.3 is 4.74 Å². The molecule has 2 aromatic rings. The van der Waals surface area contributed by atoms with Crippen LogP contribution >= 0.6 is 27.3 Å². The number of ether oxygens (including phenoxy) is 1. The topological polar surface area (TPSA) is 26.3 Å². The van der Waals surface area contributed by atoms with Gasteiger partial charge in [-0.05, 0) is 59.1 Å². The van der Waals surface area contributed by atoms with E-state index in [1.54, 1.807) is 30.4 Å². The zero-order chi connectivity index (χ0) is 13.1. The number of aryl methyl sites for hydroxylation is 1. The molecule has 2 nitrogen and oxygen atoms in total. The van der Waals surface area contributed by atoms with Gasteiger partial charge >= 0.3 is 5.97 Å². The van der Waals surface area contributed by atoms with Crippen molar-refractivity contribution in [1.29, 1.82) is 0 Å². The van der Waals surface area contributed by atoms with E-state index in [0.717, 1.165) is 9.35 Å². The number of rotatable bonds is 3. The Labute approximate surface area is 119 Å². The van der Waals surface area contributed by atoms with Crippen molar-refractivity contribution in [3.05, 3.63) is 45.2 Å². The predicted molar refractivity (Wildman–Crippen MR) is 78.1 cm³/mol. The lowest BCUT2D eigenvalue weighted by Gasteiger charge is -2.02. The third-order valence-corrected chi connectivity index (χ3v) is 4.72. The minimum atomic E-state index is -0.271. The summed E-state index contributed by atoms with van der Waals surface area (Å²) >= 11 is 5.21. The van der Waals surface area contributed by atoms with Gasteiger partial charge in [-0.25, -0.2) is 4.79 Å². The Balaban J connectivity index is 2.24. The molecule has 0 spiro atoms. The second kappa shape index (κ2) is 5.67. The Hall–Kier alpha value is -1.13. The fourth-order valence-electron chi connectivity index (χ4n) is 1.59. The van der Waals surface area contributed by atoms with Crippen LogP contribution in [0.25, 0.3) is 10.4 Å². The summed E-state index contributed by atoms with van der Waals surface area (Å²) < 4.78 is 6.10. The van der Waals surface area contributed by atoms with Gasteiger partial charge in [0.05, 0.1) is 16.0 Å². The van der Waals surface area contributed by atoms with Crippen LogP contribution < -0.4 is 0 Å². The summed E-state index contributed by atoms with van der Waals surface area (Å²) in [7, 11) is 0. The Bertz CT molecular complexity index is 538. The molecule has 94 valence electrons. The van der Waals surface area contributed by atoms with Crippen molar-refractivity contribution in [1.82, 2.24) is 0 Å². The molecule has 18 heavy (non-hydrogen) atoms. The second-order valence-electron chi connectivity index (χ2n) is 3.87. The SMILES string of the molecule is CCOC(=O)c1ccc(-c2cc(C)c(Br)s2)cc1. The molecule has 0 atom stereocenters. The number of carbonyl (C=O) groups excluding carboxylic acids is 1. The highest BCUT2D eigenvalue weighted by molar-refractivity contribution is 9.11. The van der Waals surface area contributed by atoms with E-state index in [-0.39, 0.29) is 5.97 Å². The van der Waals surface area contributed by atoms with E-state index in [2.05, 4.69) is 28.9 Å². The van der Waals surface area contributed by atoms with E-state index in [9.17, 15) is 4.79 Å². The standard InChI is InChI=1S/C14H13BrO2S/c1-3-17-14(16)11-6-4-10(5-7-11)12-8-9(2)13(15)18-12/h4-8H,3H2,1-2H3. The van der Waals surface area contributed by atoms with Crippen LogP contribution in [-0.2, 0) is 4.74 Å². The molecular formula is C14H13BrO2S. The summed E-state index contributed by atoms with van der Waals surface area (Å²) in [6, 6.07) is 9.63. The Kier molecular flexibility index (Phi) is 4.19. The molecule has 0 saturated carbocycles. The van der Waals surface area contributed by atoms with Crippen LogP contribution in [0.3, 0.4) is 0 Å². The van der Waals surface area contributed by atoms with Crippen molar-refractivity contribution in [3.63, 3.8) is 0 Å². The van der Waals surface area contributed by atoms with E-state index < -0.39 is 0 Å². The fourth-order valence-corrected chi connectivity index (χ4v) is 3.13. The molecule has 1 aromatic carbocycles. The predicted octanol–water partition coefficient (Wildman–Crippen LogP) is 4.66. The van der Waals surface area contributed by atoms with Gasteiger partial charge in [0.15, 0.2) is 0 Å². The van der Waals surface area contributed by atoms with Crippen LogP contribution in [0.4, 0.5) is 0 Å². The average Bonchev–Trinajstić information content (AvgIpc) is 2.70. The second-order valence-corrected chi connectivity index (χ2v) is 6.24. The van der Waals surface area contributed by atoms with Gasteiger partial charge in [-0.2, -0.15) is 0 Å². The molecule has 1 heterocycles. The Morgan fingerprint density at radius 3 is 2.50 bits per heavy atom. The molecule has 0 bridgehead atoms. The zero-order valence-electron chi connectivity index (χ0n) is 10.2. The summed E-state index contributed by atoms with van der Waals surface area (Å²) in [5.74, 6) is -0.271. The molecule has 1 aromatic heterocycles. The third-order valence-electron chi connectivity index (χ3n) is 2.54. The first-order valence-electron chi connectivity index (χ1n) is 5.65. The lowest BCUT2D eigenvalue weighted by atomic mass is 10.1. The van der Waals surface area contributed by atoms with E-state index in [4.69, 9.17) is 4.74 Å². The van der Waals surface area contributed by atoms with Gasteiger partial charge in [-0.3, -0.25) is 0 Å². The van der Waals surface area contributed by atoms with Crippen LogP contribution in [0.2, 0.25) is 0 Å². The van der Waals surface area contributed by atoms with Crippen molar-refractivity contribution in [3.8, 4) is 10.4 Å². The molecule has 2 rings (SSSR count). The smallest absolute Gasteiger partial charge is 0.338 e. The molecule has 0 aliphatic carbocycles. The maximum absolute atomic E-state index is 11.5. The summed E-state index contributed by atoms with van der Waals surface area (Å²) in [6.45, 7) is 4.27. The molecule has 0 unspecified atom stereocenters. The van der Waals surface area contributed by atoms with Crippen LogP contribution in [0.1, 0.15) is 22.8 Å². The molecule has 0 aliphatic rings. The normalized spacial score (nSPS) is 10.4. The monoisotopic (exact) mass is 324 g/mol. The van der Waals surface area contributed by atoms with E-state index >= 15 is 0 Å². The molecule has 0 radical (unpaired) electrons. The van der Waals surface area contributed by atoms with Crippen molar-refractivity contribution in [2.75, 3.05) is 6.61 Å². The highest BCUT2D eigenvalue weighted by Gasteiger charge is 2.08. The number of hydrogen-bond acceptors (Lipinski definition) is 3. The summed E-state index contributed by atoms with van der Waals surface area (Å²) in [5.41, 5.74) is 2.93. The quantitative estimate of drug-likeness (QED) is 0.767. The van der Waals surface area contributed by atoms with Crippen molar-refractivity contribution in [2.24, 2.45) is 0 Å². The number of halogens is 1. The van der Waals surface area contributed by atoms with E-state index in [1.807, 2.05) is 12.1 Å². The summed E-state index contributed by atoms with van der Waals surface area (Å²) in [6.07, 6.45) is 0. The highest BCUT2D eigenvalue weighted by Crippen LogP contribution is 2.34. The number of hydrogen-bond donors (Lipinski definition) is 0. The van der Waals surface area contributed by atoms with E-state index in [0.29, 0.717) is 12.2 Å². The summed E-state index contributed by atoms with van der Waals surface area (Å²) in [5, 5.41) is 0. The summed E-state index contributed by atoms with van der Waals surface area (Å²) in [4.78, 5) is 12.7. The minimum absolute atomic E-state index is 0.271. The fraction of sp³-hybridized carbons (Fsp3) is 0.214. The van der Waals surface area contributed by atoms with Gasteiger partial charge in [0.25, 0.3) is 0 Å². The third kappa shape index (κ3) is 2.82. The number of benzene rings is 1. The first-order valence-corrected chi connectivity index (χ1v) is 7.26. The Morgan fingerprint density at radius 1 is 1.33 bits per heavy atom. The lowest BCUT2D eigenvalue weighted by molar-refractivity contribution is 0.0526. The van der Waals surface area contributed by atoms with Crippen LogP contribution in [-0.4, -0.2) is 12.6 Å². The Morgan fingerprint density at radius 2 is 2.00 bits per heavy atom. The van der Waals surface area contributed by atoms with Gasteiger partial charge in [0.2, 0.25) is 0 Å². The van der Waals surface area contributed by atoms with Crippen molar-refractivity contribution in [2.45, 2.75) is 13.8 Å². The van der Waals surface area contributed by atoms with Crippen LogP contribution in [0, 0.1) is 6.92 Å². The maximum atomic E-state index is 11.5. The molecular weight excluding hydrogens is 312 g/mol. The molecule has 0 fully saturated rings.